The summed E-state index contributed by atoms with van der Waals surface area (Å²) in [6.45, 7) is 3.48. The summed E-state index contributed by atoms with van der Waals surface area (Å²) in [6, 6.07) is 9.35. The first kappa shape index (κ1) is 18.0. The van der Waals surface area contributed by atoms with Crippen molar-refractivity contribution in [1.82, 2.24) is 15.5 Å². The van der Waals surface area contributed by atoms with Gasteiger partial charge in [0, 0.05) is 30.9 Å². The van der Waals surface area contributed by atoms with E-state index in [1.807, 2.05) is 29.2 Å². The van der Waals surface area contributed by atoms with Crippen LogP contribution in [-0.4, -0.2) is 48.9 Å². The quantitative estimate of drug-likeness (QED) is 0.849. The third-order valence-electron chi connectivity index (χ3n) is 5.69. The van der Waals surface area contributed by atoms with E-state index in [4.69, 9.17) is 4.42 Å². The van der Waals surface area contributed by atoms with Crippen LogP contribution in [0.25, 0.3) is 11.0 Å². The number of furan rings is 1. The van der Waals surface area contributed by atoms with Crippen LogP contribution >= 0.6 is 0 Å². The molecule has 0 aliphatic carbocycles. The average Bonchev–Trinajstić information content (AvgIpc) is 3.35. The number of carbonyl (C=O) groups excluding carboxylic acids is 2. The zero-order valence-electron chi connectivity index (χ0n) is 15.6. The van der Waals surface area contributed by atoms with Gasteiger partial charge in [-0.15, -0.1) is 0 Å². The third-order valence-corrected chi connectivity index (χ3v) is 5.69. The molecule has 144 valence electrons. The summed E-state index contributed by atoms with van der Waals surface area (Å²) in [5, 5.41) is 7.31. The van der Waals surface area contributed by atoms with Crippen molar-refractivity contribution in [2.75, 3.05) is 26.2 Å². The van der Waals surface area contributed by atoms with Gasteiger partial charge in [-0.1, -0.05) is 18.2 Å². The summed E-state index contributed by atoms with van der Waals surface area (Å²) in [5.41, 5.74) is 0.713. The summed E-state index contributed by atoms with van der Waals surface area (Å²) in [7, 11) is 0. The van der Waals surface area contributed by atoms with Crippen molar-refractivity contribution < 1.29 is 14.0 Å². The van der Waals surface area contributed by atoms with Crippen LogP contribution in [0.1, 0.15) is 42.7 Å². The summed E-state index contributed by atoms with van der Waals surface area (Å²) >= 11 is 0. The minimum absolute atomic E-state index is 0.0171. The zero-order valence-corrected chi connectivity index (χ0v) is 15.6. The topological polar surface area (TPSA) is 74.6 Å². The van der Waals surface area contributed by atoms with E-state index in [2.05, 4.69) is 10.6 Å². The lowest BCUT2D eigenvalue weighted by Crippen LogP contribution is -2.49. The van der Waals surface area contributed by atoms with Crippen LogP contribution in [0.3, 0.4) is 0 Å². The normalized spacial score (nSPS) is 22.9. The highest BCUT2D eigenvalue weighted by atomic mass is 16.3. The molecule has 2 atom stereocenters. The number of fused-ring (bicyclic) bond motifs is 1. The van der Waals surface area contributed by atoms with Crippen LogP contribution in [0, 0.1) is 5.92 Å². The van der Waals surface area contributed by atoms with Gasteiger partial charge in [-0.2, -0.15) is 0 Å². The molecule has 0 saturated carbocycles. The zero-order chi connectivity index (χ0) is 18.6. The number of nitrogens with one attached hydrogen (secondary N) is 2. The second-order valence-electron chi connectivity index (χ2n) is 7.70. The van der Waals surface area contributed by atoms with E-state index in [-0.39, 0.29) is 17.9 Å². The van der Waals surface area contributed by atoms with Gasteiger partial charge in [0.1, 0.15) is 5.58 Å². The largest absolute Gasteiger partial charge is 0.451 e. The standard InChI is InChI=1S/C21H27N3O3/c25-20(8-7-15-9-10-22-13-15)24-11-3-5-17(14-24)23-21(26)19-12-16-4-1-2-6-18(16)27-19/h1-2,4,6,12,15,17,22H,3,5,7-11,13-14H2,(H,23,26). The molecule has 0 bridgehead atoms. The lowest BCUT2D eigenvalue weighted by atomic mass is 10.0. The Balaban J connectivity index is 1.30. The van der Waals surface area contributed by atoms with E-state index in [0.29, 0.717) is 30.2 Å². The number of hydrogen-bond donors (Lipinski definition) is 2. The number of piperidine rings is 1. The molecule has 2 saturated heterocycles. The minimum atomic E-state index is -0.206. The average molecular weight is 369 g/mol. The molecule has 2 aliphatic rings. The van der Waals surface area contributed by atoms with Gasteiger partial charge < -0.3 is 20.0 Å². The Hall–Kier alpha value is -2.34. The number of likely N-dealkylation sites (tertiary alicyclic amines) is 1. The number of rotatable bonds is 5. The fraction of sp³-hybridized carbons (Fsp3) is 0.524. The Morgan fingerprint density at radius 2 is 2.15 bits per heavy atom. The number of amides is 2. The summed E-state index contributed by atoms with van der Waals surface area (Å²) in [6.07, 6.45) is 4.54. The van der Waals surface area contributed by atoms with Gasteiger partial charge in [0.05, 0.1) is 0 Å². The Kier molecular flexibility index (Phi) is 5.43. The Morgan fingerprint density at radius 1 is 1.26 bits per heavy atom. The monoisotopic (exact) mass is 369 g/mol. The highest BCUT2D eigenvalue weighted by Crippen LogP contribution is 2.20. The molecule has 6 heteroatoms. The highest BCUT2D eigenvalue weighted by Gasteiger charge is 2.26. The van der Waals surface area contributed by atoms with Gasteiger partial charge in [0.15, 0.2) is 5.76 Å². The highest BCUT2D eigenvalue weighted by molar-refractivity contribution is 5.96. The van der Waals surface area contributed by atoms with Crippen LogP contribution in [0.2, 0.25) is 0 Å². The van der Waals surface area contributed by atoms with Gasteiger partial charge in [0.2, 0.25) is 5.91 Å². The number of hydrogen-bond acceptors (Lipinski definition) is 4. The molecule has 2 unspecified atom stereocenters. The molecule has 2 aromatic rings. The van der Waals surface area contributed by atoms with Crippen LogP contribution in [-0.2, 0) is 4.79 Å². The van der Waals surface area contributed by atoms with Crippen molar-refractivity contribution in [3.05, 3.63) is 36.1 Å². The molecule has 1 aromatic carbocycles. The molecule has 2 amide bonds. The van der Waals surface area contributed by atoms with Crippen molar-refractivity contribution in [2.24, 2.45) is 5.92 Å². The first-order valence-electron chi connectivity index (χ1n) is 9.97. The summed E-state index contributed by atoms with van der Waals surface area (Å²) in [4.78, 5) is 27.0. The number of para-hydroxylation sites is 1. The van der Waals surface area contributed by atoms with E-state index in [1.54, 1.807) is 6.07 Å². The lowest BCUT2D eigenvalue weighted by Gasteiger charge is -2.33. The summed E-state index contributed by atoms with van der Waals surface area (Å²) in [5.74, 6) is 0.961. The molecule has 0 spiro atoms. The Labute approximate surface area is 159 Å². The first-order valence-corrected chi connectivity index (χ1v) is 9.97. The SMILES string of the molecule is O=C(NC1CCCN(C(=O)CCC2CCNC2)C1)c1cc2ccccc2o1. The van der Waals surface area contributed by atoms with E-state index in [9.17, 15) is 9.59 Å². The van der Waals surface area contributed by atoms with Crippen molar-refractivity contribution in [2.45, 2.75) is 38.1 Å². The maximum absolute atomic E-state index is 12.5. The molecule has 2 aliphatic heterocycles. The Bertz CT molecular complexity index is 777. The first-order chi connectivity index (χ1) is 13.2. The number of nitrogens with zero attached hydrogens (tertiary/aromatic N) is 1. The molecule has 0 radical (unpaired) electrons. The minimum Gasteiger partial charge on any atom is -0.451 e. The van der Waals surface area contributed by atoms with Crippen LogP contribution < -0.4 is 10.6 Å². The van der Waals surface area contributed by atoms with E-state index in [0.717, 1.165) is 44.3 Å². The van der Waals surface area contributed by atoms with Gasteiger partial charge in [-0.25, -0.2) is 0 Å². The number of benzene rings is 1. The van der Waals surface area contributed by atoms with Crippen molar-refractivity contribution in [1.29, 1.82) is 0 Å². The third kappa shape index (κ3) is 4.33. The predicted molar refractivity (Wildman–Crippen MR) is 103 cm³/mol. The van der Waals surface area contributed by atoms with Crippen LogP contribution in [0.4, 0.5) is 0 Å². The van der Waals surface area contributed by atoms with Crippen molar-refractivity contribution in [3.63, 3.8) is 0 Å². The smallest absolute Gasteiger partial charge is 0.287 e. The maximum Gasteiger partial charge on any atom is 0.287 e. The van der Waals surface area contributed by atoms with Gasteiger partial charge in [-0.05, 0) is 56.8 Å². The molecular weight excluding hydrogens is 342 g/mol. The van der Waals surface area contributed by atoms with Crippen LogP contribution in [0.15, 0.2) is 34.7 Å². The molecule has 27 heavy (non-hydrogen) atoms. The maximum atomic E-state index is 12.5. The molecule has 1 aromatic heterocycles. The Morgan fingerprint density at radius 3 is 2.96 bits per heavy atom. The summed E-state index contributed by atoms with van der Waals surface area (Å²) < 4.78 is 5.64. The fourth-order valence-corrected chi connectivity index (χ4v) is 4.12. The number of carbonyl (C=O) groups is 2. The van der Waals surface area contributed by atoms with E-state index >= 15 is 0 Å². The van der Waals surface area contributed by atoms with Crippen molar-refractivity contribution >= 4 is 22.8 Å². The molecule has 3 heterocycles. The molecule has 2 N–H and O–H groups in total. The van der Waals surface area contributed by atoms with Gasteiger partial charge in [0.25, 0.3) is 5.91 Å². The van der Waals surface area contributed by atoms with E-state index in [1.165, 1.54) is 6.42 Å². The molecule has 2 fully saturated rings. The predicted octanol–water partition coefficient (Wildman–Crippen LogP) is 2.54. The molecule has 6 nitrogen and oxygen atoms in total. The second-order valence-corrected chi connectivity index (χ2v) is 7.70. The molecular formula is C21H27N3O3. The van der Waals surface area contributed by atoms with Crippen LogP contribution in [0.5, 0.6) is 0 Å². The van der Waals surface area contributed by atoms with Crippen molar-refractivity contribution in [3.8, 4) is 0 Å². The lowest BCUT2D eigenvalue weighted by molar-refractivity contribution is -0.132. The molecule has 4 rings (SSSR count). The van der Waals surface area contributed by atoms with E-state index < -0.39 is 0 Å². The van der Waals surface area contributed by atoms with Gasteiger partial charge in [-0.3, -0.25) is 9.59 Å². The second kappa shape index (κ2) is 8.13. The van der Waals surface area contributed by atoms with Gasteiger partial charge >= 0.3 is 0 Å². The fourth-order valence-electron chi connectivity index (χ4n) is 4.12.